The van der Waals surface area contributed by atoms with Crippen LogP contribution in [0.25, 0.3) is 0 Å². The van der Waals surface area contributed by atoms with Gasteiger partial charge in [0.15, 0.2) is 17.1 Å². The van der Waals surface area contributed by atoms with Gasteiger partial charge in [-0.3, -0.25) is 0 Å². The van der Waals surface area contributed by atoms with Crippen LogP contribution in [0.15, 0.2) is 6.20 Å². The van der Waals surface area contributed by atoms with Gasteiger partial charge >= 0.3 is 6.18 Å². The molecule has 4 nitrogen and oxygen atoms in total. The van der Waals surface area contributed by atoms with E-state index in [1.54, 1.807) is 0 Å². The highest BCUT2D eigenvalue weighted by atomic mass is 19.4. The summed E-state index contributed by atoms with van der Waals surface area (Å²) in [5.74, 6) is 0. The predicted molar refractivity (Wildman–Crippen MR) is 36.5 cm³/mol. The average molecular weight is 198 g/mol. The highest BCUT2D eigenvalue weighted by Gasteiger charge is 2.33. The zero-order chi connectivity index (χ0) is 10.8. The molecule has 1 rings (SSSR count). The topological polar surface area (TPSA) is 73.4 Å². The van der Waals surface area contributed by atoms with Crippen molar-refractivity contribution in [2.45, 2.75) is 6.18 Å². The molecule has 0 aliphatic rings. The molecule has 0 aliphatic heterocycles. The van der Waals surface area contributed by atoms with Crippen molar-refractivity contribution in [3.05, 3.63) is 23.3 Å². The van der Waals surface area contributed by atoms with E-state index in [9.17, 15) is 13.2 Å². The van der Waals surface area contributed by atoms with Crippen LogP contribution in [0, 0.1) is 22.7 Å². The Morgan fingerprint density at radius 1 is 1.14 bits per heavy atom. The van der Waals surface area contributed by atoms with Crippen molar-refractivity contribution < 1.29 is 13.2 Å². The van der Waals surface area contributed by atoms with Crippen molar-refractivity contribution >= 4 is 0 Å². The molecule has 1 heterocycles. The minimum Gasteiger partial charge on any atom is -0.240 e. The number of alkyl halides is 3. The second kappa shape index (κ2) is 3.30. The molecule has 0 amide bonds. The third-order valence-corrected chi connectivity index (χ3v) is 1.27. The monoisotopic (exact) mass is 198 g/mol. The van der Waals surface area contributed by atoms with Crippen LogP contribution in [0.2, 0.25) is 0 Å². The Morgan fingerprint density at radius 2 is 1.71 bits per heavy atom. The first kappa shape index (κ1) is 9.93. The number of rotatable bonds is 0. The molecule has 0 aromatic carbocycles. The fourth-order valence-electron chi connectivity index (χ4n) is 0.685. The van der Waals surface area contributed by atoms with Crippen LogP contribution >= 0.6 is 0 Å². The first-order valence-corrected chi connectivity index (χ1v) is 3.23. The van der Waals surface area contributed by atoms with Gasteiger partial charge in [-0.15, -0.1) is 0 Å². The van der Waals surface area contributed by atoms with Gasteiger partial charge in [0.1, 0.15) is 12.1 Å². The van der Waals surface area contributed by atoms with E-state index < -0.39 is 23.3 Å². The molecule has 0 radical (unpaired) electrons. The maximum atomic E-state index is 12.0. The van der Waals surface area contributed by atoms with Gasteiger partial charge in [0.05, 0.1) is 6.20 Å². The lowest BCUT2D eigenvalue weighted by Crippen LogP contribution is -2.10. The van der Waals surface area contributed by atoms with E-state index in [0.717, 1.165) is 0 Å². The summed E-state index contributed by atoms with van der Waals surface area (Å²) >= 11 is 0. The third kappa shape index (κ3) is 1.77. The summed E-state index contributed by atoms with van der Waals surface area (Å²) < 4.78 is 36.1. The molecule has 1 aromatic heterocycles. The van der Waals surface area contributed by atoms with Crippen LogP contribution < -0.4 is 0 Å². The highest BCUT2D eigenvalue weighted by molar-refractivity contribution is 5.35. The normalized spacial score (nSPS) is 10.4. The Kier molecular flexibility index (Phi) is 2.34. The highest BCUT2D eigenvalue weighted by Crippen LogP contribution is 2.27. The number of halogens is 3. The van der Waals surface area contributed by atoms with Gasteiger partial charge in [0.2, 0.25) is 0 Å². The van der Waals surface area contributed by atoms with Crippen molar-refractivity contribution in [3.8, 4) is 12.1 Å². The molecule has 0 fully saturated rings. The molecule has 7 heteroatoms. The molecule has 0 bridgehead atoms. The van der Waals surface area contributed by atoms with Gasteiger partial charge in [-0.05, 0) is 0 Å². The van der Waals surface area contributed by atoms with E-state index in [4.69, 9.17) is 10.5 Å². The van der Waals surface area contributed by atoms with Crippen molar-refractivity contribution in [1.29, 1.82) is 10.5 Å². The van der Waals surface area contributed by atoms with Gasteiger partial charge in [-0.25, -0.2) is 9.97 Å². The molecular formula is C7HF3N4. The van der Waals surface area contributed by atoms with Crippen LogP contribution in [0.4, 0.5) is 13.2 Å². The van der Waals surface area contributed by atoms with E-state index in [1.165, 1.54) is 12.1 Å². The Bertz CT molecular complexity index is 438. The third-order valence-electron chi connectivity index (χ3n) is 1.27. The number of hydrogen-bond donors (Lipinski definition) is 0. The van der Waals surface area contributed by atoms with E-state index >= 15 is 0 Å². The summed E-state index contributed by atoms with van der Waals surface area (Å²) in [4.78, 5) is 6.13. The Balaban J connectivity index is 3.32. The van der Waals surface area contributed by atoms with Crippen LogP contribution in [0.3, 0.4) is 0 Å². The summed E-state index contributed by atoms with van der Waals surface area (Å²) in [5, 5.41) is 16.7. The number of aromatic nitrogens is 2. The SMILES string of the molecule is N#Cc1ncc(C(F)(F)F)nc1C#N. The van der Waals surface area contributed by atoms with Gasteiger partial charge in [-0.1, -0.05) is 0 Å². The molecule has 0 spiro atoms. The molecule has 0 unspecified atom stereocenters. The lowest BCUT2D eigenvalue weighted by atomic mass is 10.3. The van der Waals surface area contributed by atoms with Gasteiger partial charge in [0, 0.05) is 0 Å². The van der Waals surface area contributed by atoms with Crippen LogP contribution in [-0.4, -0.2) is 9.97 Å². The van der Waals surface area contributed by atoms with Crippen molar-refractivity contribution in [1.82, 2.24) is 9.97 Å². The Labute approximate surface area is 76.2 Å². The van der Waals surface area contributed by atoms with Crippen LogP contribution in [0.1, 0.15) is 17.1 Å². The number of nitriles is 2. The minimum atomic E-state index is -4.66. The molecule has 0 atom stereocenters. The number of nitrogens with zero attached hydrogens (tertiary/aromatic N) is 4. The van der Waals surface area contributed by atoms with Gasteiger partial charge in [-0.2, -0.15) is 23.7 Å². The van der Waals surface area contributed by atoms with E-state index in [1.807, 2.05) is 0 Å². The summed E-state index contributed by atoms with van der Waals surface area (Å²) in [5.41, 5.74) is -2.32. The van der Waals surface area contributed by atoms with Crippen molar-refractivity contribution in [3.63, 3.8) is 0 Å². The second-order valence-corrected chi connectivity index (χ2v) is 2.17. The molecule has 0 saturated carbocycles. The molecule has 1 aromatic rings. The molecular weight excluding hydrogens is 197 g/mol. The second-order valence-electron chi connectivity index (χ2n) is 2.17. The first-order valence-electron chi connectivity index (χ1n) is 3.23. The summed E-state index contributed by atoms with van der Waals surface area (Å²) in [6.45, 7) is 0. The quantitative estimate of drug-likeness (QED) is 0.628. The van der Waals surface area contributed by atoms with Crippen molar-refractivity contribution in [2.75, 3.05) is 0 Å². The fraction of sp³-hybridized carbons (Fsp3) is 0.143. The Hall–Kier alpha value is -2.15. The summed E-state index contributed by atoms with van der Waals surface area (Å²) in [6.07, 6.45) is -4.24. The first-order chi connectivity index (χ1) is 6.49. The summed E-state index contributed by atoms with van der Waals surface area (Å²) in [6, 6.07) is 2.82. The molecule has 0 N–H and O–H groups in total. The van der Waals surface area contributed by atoms with Crippen LogP contribution in [0.5, 0.6) is 0 Å². The standard InChI is InChI=1S/C7HF3N4/c8-7(9,10)6-3-13-4(1-11)5(2-12)14-6/h3H. The zero-order valence-electron chi connectivity index (χ0n) is 6.50. The maximum Gasteiger partial charge on any atom is 0.434 e. The summed E-state index contributed by atoms with van der Waals surface area (Å²) in [7, 11) is 0. The molecule has 70 valence electrons. The predicted octanol–water partition coefficient (Wildman–Crippen LogP) is 1.24. The smallest absolute Gasteiger partial charge is 0.240 e. The molecule has 14 heavy (non-hydrogen) atoms. The largest absolute Gasteiger partial charge is 0.434 e. The zero-order valence-corrected chi connectivity index (χ0v) is 6.50. The number of hydrogen-bond acceptors (Lipinski definition) is 4. The van der Waals surface area contributed by atoms with Gasteiger partial charge in [0.25, 0.3) is 0 Å². The lowest BCUT2D eigenvalue weighted by molar-refractivity contribution is -0.141. The van der Waals surface area contributed by atoms with E-state index in [0.29, 0.717) is 6.20 Å². The van der Waals surface area contributed by atoms with E-state index in [2.05, 4.69) is 9.97 Å². The maximum absolute atomic E-state index is 12.0. The van der Waals surface area contributed by atoms with E-state index in [-0.39, 0.29) is 0 Å². The molecule has 0 saturated heterocycles. The Morgan fingerprint density at radius 3 is 2.14 bits per heavy atom. The minimum absolute atomic E-state index is 0.416. The average Bonchev–Trinajstić information content (AvgIpc) is 2.15. The van der Waals surface area contributed by atoms with Crippen LogP contribution in [-0.2, 0) is 6.18 Å². The van der Waals surface area contributed by atoms with Gasteiger partial charge < -0.3 is 0 Å². The fourth-order valence-corrected chi connectivity index (χ4v) is 0.685. The lowest BCUT2D eigenvalue weighted by Gasteiger charge is -2.04. The molecule has 0 aliphatic carbocycles. The van der Waals surface area contributed by atoms with Crippen molar-refractivity contribution in [2.24, 2.45) is 0 Å².